The minimum absolute atomic E-state index is 0.0619. The van der Waals surface area contributed by atoms with E-state index >= 15 is 0 Å². The fourth-order valence-corrected chi connectivity index (χ4v) is 3.78. The van der Waals surface area contributed by atoms with Gasteiger partial charge in [0.1, 0.15) is 11.7 Å². The molecule has 1 N–H and O–H groups in total. The molecule has 166 valence electrons. The van der Waals surface area contributed by atoms with Crippen molar-refractivity contribution in [3.05, 3.63) is 35.6 Å². The van der Waals surface area contributed by atoms with Crippen molar-refractivity contribution in [2.75, 3.05) is 13.2 Å². The predicted molar refractivity (Wildman–Crippen MR) is 108 cm³/mol. The van der Waals surface area contributed by atoms with Gasteiger partial charge in [0.05, 0.1) is 24.7 Å². The van der Waals surface area contributed by atoms with E-state index in [2.05, 4.69) is 0 Å². The molecule has 1 fully saturated rings. The molecule has 0 amide bonds. The summed E-state index contributed by atoms with van der Waals surface area (Å²) in [5.41, 5.74) is -1.33. The summed E-state index contributed by atoms with van der Waals surface area (Å²) in [5, 5.41) is 11.0. The number of hydrogen-bond donors (Lipinski definition) is 1. The van der Waals surface area contributed by atoms with E-state index < -0.39 is 46.9 Å². The van der Waals surface area contributed by atoms with Crippen LogP contribution in [0.5, 0.6) is 0 Å². The molecule has 0 radical (unpaired) electrons. The molecule has 0 aliphatic heterocycles. The highest BCUT2D eigenvalue weighted by Gasteiger charge is 2.57. The minimum Gasteiger partial charge on any atom is -0.465 e. The van der Waals surface area contributed by atoms with Gasteiger partial charge in [0.25, 0.3) is 0 Å². The Hall–Kier alpha value is -2.28. The Bertz CT molecular complexity index is 768. The van der Waals surface area contributed by atoms with Crippen molar-refractivity contribution >= 4 is 17.7 Å². The lowest BCUT2D eigenvalue weighted by molar-refractivity contribution is -0.173. The van der Waals surface area contributed by atoms with E-state index in [-0.39, 0.29) is 31.5 Å². The molecule has 1 aromatic carbocycles. The van der Waals surface area contributed by atoms with E-state index in [1.807, 2.05) is 27.7 Å². The predicted octanol–water partition coefficient (Wildman–Crippen LogP) is 3.26. The molecular weight excluding hydrogens is 391 g/mol. The molecule has 30 heavy (non-hydrogen) atoms. The zero-order valence-corrected chi connectivity index (χ0v) is 18.2. The summed E-state index contributed by atoms with van der Waals surface area (Å²) in [5.74, 6) is -5.82. The Kier molecular flexibility index (Phi) is 7.75. The van der Waals surface area contributed by atoms with Crippen molar-refractivity contribution in [3.63, 3.8) is 0 Å². The van der Waals surface area contributed by atoms with Crippen LogP contribution in [0.2, 0.25) is 0 Å². The molecule has 4 unspecified atom stereocenters. The number of hydrogen-bond acceptors (Lipinski definition) is 6. The number of carbonyl (C=O) groups is 3. The van der Waals surface area contributed by atoms with Crippen molar-refractivity contribution in [3.8, 4) is 0 Å². The maximum Gasteiger partial charge on any atom is 0.317 e. The molecule has 6 nitrogen and oxygen atoms in total. The first-order chi connectivity index (χ1) is 13.9. The summed E-state index contributed by atoms with van der Waals surface area (Å²) >= 11 is 0. The summed E-state index contributed by atoms with van der Waals surface area (Å²) < 4.78 is 24.2. The highest BCUT2D eigenvalue weighted by atomic mass is 19.1. The first-order valence-electron chi connectivity index (χ1n) is 10.3. The monoisotopic (exact) mass is 422 g/mol. The zero-order valence-electron chi connectivity index (χ0n) is 18.2. The van der Waals surface area contributed by atoms with E-state index in [9.17, 15) is 23.9 Å². The van der Waals surface area contributed by atoms with Gasteiger partial charge in [-0.3, -0.25) is 14.4 Å². The number of ether oxygens (including phenoxy) is 2. The Morgan fingerprint density at radius 3 is 2.07 bits per heavy atom. The Morgan fingerprint density at radius 2 is 1.57 bits per heavy atom. The van der Waals surface area contributed by atoms with Crippen LogP contribution in [0.15, 0.2) is 24.3 Å². The third-order valence-corrected chi connectivity index (χ3v) is 5.15. The van der Waals surface area contributed by atoms with Crippen LogP contribution in [0.4, 0.5) is 4.39 Å². The van der Waals surface area contributed by atoms with Gasteiger partial charge in [-0.2, -0.15) is 0 Å². The maximum atomic E-state index is 13.5. The van der Waals surface area contributed by atoms with Crippen LogP contribution in [0.3, 0.4) is 0 Å². The number of ketones is 1. The van der Waals surface area contributed by atoms with Crippen molar-refractivity contribution in [1.82, 2.24) is 0 Å². The van der Waals surface area contributed by atoms with Crippen LogP contribution in [-0.2, 0) is 23.9 Å². The molecule has 7 heteroatoms. The number of esters is 2. The fourth-order valence-electron chi connectivity index (χ4n) is 3.78. The van der Waals surface area contributed by atoms with Crippen LogP contribution in [0.1, 0.15) is 52.5 Å². The smallest absolute Gasteiger partial charge is 0.317 e. The molecule has 4 atom stereocenters. The molecular formula is C23H31FO6. The Morgan fingerprint density at radius 1 is 1.07 bits per heavy atom. The largest absolute Gasteiger partial charge is 0.465 e. The van der Waals surface area contributed by atoms with E-state index in [1.54, 1.807) is 0 Å². The second kappa shape index (κ2) is 9.69. The van der Waals surface area contributed by atoms with Gasteiger partial charge in [-0.15, -0.1) is 0 Å². The second-order valence-corrected chi connectivity index (χ2v) is 9.08. The fraction of sp³-hybridized carbons (Fsp3) is 0.609. The summed E-state index contributed by atoms with van der Waals surface area (Å²) in [6.07, 6.45) is -0.381. The van der Waals surface area contributed by atoms with Crippen molar-refractivity contribution in [2.24, 2.45) is 23.7 Å². The standard InChI is InChI=1S/C23H31FO6/c1-13(2)11-29-21(26)19-17(25)10-23(5,28)20(22(27)30-12-14(3)4)18(19)15-6-8-16(24)9-7-15/h6-9,13-14,18-20,28H,10-12H2,1-5H3. The lowest BCUT2D eigenvalue weighted by atomic mass is 9.61. The number of halogens is 1. The molecule has 1 aromatic rings. The van der Waals surface area contributed by atoms with E-state index in [1.165, 1.54) is 31.2 Å². The average molecular weight is 422 g/mol. The number of carbonyl (C=O) groups excluding carboxylic acids is 3. The Labute approximate surface area is 176 Å². The van der Waals surface area contributed by atoms with Gasteiger partial charge < -0.3 is 14.6 Å². The Balaban J connectivity index is 2.51. The van der Waals surface area contributed by atoms with Gasteiger partial charge in [-0.05, 0) is 36.5 Å². The SMILES string of the molecule is CC(C)COC(=O)C1C(=O)CC(C)(O)C(C(=O)OCC(C)C)C1c1ccc(F)cc1. The molecule has 1 saturated carbocycles. The maximum absolute atomic E-state index is 13.5. The molecule has 0 spiro atoms. The van der Waals surface area contributed by atoms with Crippen LogP contribution in [0, 0.1) is 29.5 Å². The third kappa shape index (κ3) is 5.65. The highest BCUT2D eigenvalue weighted by Crippen LogP contribution is 2.46. The molecule has 0 aromatic heterocycles. The van der Waals surface area contributed by atoms with Crippen LogP contribution >= 0.6 is 0 Å². The third-order valence-electron chi connectivity index (χ3n) is 5.15. The minimum atomic E-state index is -1.72. The lowest BCUT2D eigenvalue weighted by Gasteiger charge is -2.43. The first-order valence-corrected chi connectivity index (χ1v) is 10.3. The van der Waals surface area contributed by atoms with E-state index in [4.69, 9.17) is 9.47 Å². The lowest BCUT2D eigenvalue weighted by Crippen LogP contribution is -2.55. The highest BCUT2D eigenvalue weighted by molar-refractivity contribution is 6.02. The van der Waals surface area contributed by atoms with Crippen molar-refractivity contribution in [1.29, 1.82) is 0 Å². The average Bonchev–Trinajstić information content (AvgIpc) is 2.63. The van der Waals surface area contributed by atoms with Gasteiger partial charge in [0.15, 0.2) is 5.78 Å². The number of Topliss-reactive ketones (excluding diaryl/α,β-unsaturated/α-hetero) is 1. The zero-order chi connectivity index (χ0) is 22.6. The normalized spacial score (nSPS) is 26.7. The summed E-state index contributed by atoms with van der Waals surface area (Å²) in [7, 11) is 0. The molecule has 2 rings (SSSR count). The van der Waals surface area contributed by atoms with Crippen LogP contribution in [0.25, 0.3) is 0 Å². The van der Waals surface area contributed by atoms with Crippen LogP contribution in [-0.4, -0.2) is 41.6 Å². The molecule has 1 aliphatic rings. The van der Waals surface area contributed by atoms with Gasteiger partial charge in [0, 0.05) is 12.3 Å². The van der Waals surface area contributed by atoms with Crippen molar-refractivity contribution < 1.29 is 33.4 Å². The molecule has 1 aliphatic carbocycles. The first kappa shape index (κ1) is 24.0. The van der Waals surface area contributed by atoms with Crippen molar-refractivity contribution in [2.45, 2.75) is 52.6 Å². The van der Waals surface area contributed by atoms with Crippen LogP contribution < -0.4 is 0 Å². The summed E-state index contributed by atoms with van der Waals surface area (Å²) in [6.45, 7) is 9.13. The summed E-state index contributed by atoms with van der Waals surface area (Å²) in [6, 6.07) is 5.21. The molecule has 0 heterocycles. The van der Waals surface area contributed by atoms with E-state index in [0.717, 1.165) is 0 Å². The molecule has 0 bridgehead atoms. The molecule has 0 saturated heterocycles. The topological polar surface area (TPSA) is 89.9 Å². The quantitative estimate of drug-likeness (QED) is 0.536. The van der Waals surface area contributed by atoms with Gasteiger partial charge in [0.2, 0.25) is 0 Å². The van der Waals surface area contributed by atoms with Gasteiger partial charge >= 0.3 is 11.9 Å². The number of rotatable bonds is 7. The second-order valence-electron chi connectivity index (χ2n) is 9.08. The van der Waals surface area contributed by atoms with Gasteiger partial charge in [-0.25, -0.2) is 4.39 Å². The van der Waals surface area contributed by atoms with Gasteiger partial charge in [-0.1, -0.05) is 39.8 Å². The van der Waals surface area contributed by atoms with E-state index in [0.29, 0.717) is 5.56 Å². The number of benzene rings is 1. The summed E-state index contributed by atoms with van der Waals surface area (Å²) in [4.78, 5) is 38.7. The number of aliphatic hydroxyl groups is 1.